The number of halogens is 2. The molecule has 1 atom stereocenters. The van der Waals surface area contributed by atoms with Crippen molar-refractivity contribution in [2.45, 2.75) is 39.8 Å². The number of benzene rings is 1. The van der Waals surface area contributed by atoms with Crippen molar-refractivity contribution in [3.05, 3.63) is 23.8 Å². The first-order valence-corrected chi connectivity index (χ1v) is 7.25. The van der Waals surface area contributed by atoms with E-state index < -0.39 is 6.61 Å². The van der Waals surface area contributed by atoms with Gasteiger partial charge in [-0.1, -0.05) is 26.3 Å². The fourth-order valence-electron chi connectivity index (χ4n) is 2.29. The molecule has 1 unspecified atom stereocenters. The first-order valence-electron chi connectivity index (χ1n) is 7.25. The van der Waals surface area contributed by atoms with Gasteiger partial charge < -0.3 is 14.4 Å². The van der Waals surface area contributed by atoms with Crippen LogP contribution in [0.1, 0.15) is 32.3 Å². The van der Waals surface area contributed by atoms with Crippen LogP contribution < -0.4 is 9.47 Å². The molecule has 4 nitrogen and oxygen atoms in total. The van der Waals surface area contributed by atoms with Crippen LogP contribution in [0.4, 0.5) is 8.78 Å². The molecule has 1 aromatic carbocycles. The maximum Gasteiger partial charge on any atom is 0.387 e. The van der Waals surface area contributed by atoms with E-state index in [1.54, 1.807) is 24.1 Å². The summed E-state index contributed by atoms with van der Waals surface area (Å²) in [5, 5.41) is 0. The molecule has 0 saturated heterocycles. The highest BCUT2D eigenvalue weighted by molar-refractivity contribution is 5.78. The van der Waals surface area contributed by atoms with E-state index in [1.165, 1.54) is 13.2 Å². The maximum absolute atomic E-state index is 12.4. The van der Waals surface area contributed by atoms with Crippen molar-refractivity contribution in [1.82, 2.24) is 4.90 Å². The molecule has 124 valence electrons. The molecular weight excluding hydrogens is 292 g/mol. The summed E-state index contributed by atoms with van der Waals surface area (Å²) in [6, 6.07) is 4.76. The molecule has 0 aromatic heterocycles. The zero-order chi connectivity index (χ0) is 16.7. The number of carbonyl (C=O) groups is 1. The smallest absolute Gasteiger partial charge is 0.387 e. The molecule has 1 rings (SSSR count). The van der Waals surface area contributed by atoms with Gasteiger partial charge in [0.1, 0.15) is 0 Å². The Morgan fingerprint density at radius 1 is 1.32 bits per heavy atom. The molecule has 0 aliphatic rings. The zero-order valence-electron chi connectivity index (χ0n) is 13.4. The summed E-state index contributed by atoms with van der Waals surface area (Å²) in [7, 11) is 3.09. The van der Waals surface area contributed by atoms with Crippen LogP contribution in [0.25, 0.3) is 0 Å². The normalized spacial score (nSPS) is 12.1. The SMILES string of the molecule is CCCC(C)C(=O)N(C)Cc1ccc(OC)c(OC(F)F)c1. The molecule has 0 fully saturated rings. The molecule has 0 aliphatic heterocycles. The minimum Gasteiger partial charge on any atom is -0.493 e. The minimum atomic E-state index is -2.92. The van der Waals surface area contributed by atoms with Crippen molar-refractivity contribution in [2.75, 3.05) is 14.2 Å². The van der Waals surface area contributed by atoms with Crippen molar-refractivity contribution >= 4 is 5.91 Å². The van der Waals surface area contributed by atoms with Crippen LogP contribution in [0.5, 0.6) is 11.5 Å². The van der Waals surface area contributed by atoms with Crippen molar-refractivity contribution in [3.8, 4) is 11.5 Å². The van der Waals surface area contributed by atoms with Crippen molar-refractivity contribution in [2.24, 2.45) is 5.92 Å². The van der Waals surface area contributed by atoms with E-state index in [-0.39, 0.29) is 23.3 Å². The van der Waals surface area contributed by atoms with Gasteiger partial charge in [0.2, 0.25) is 5.91 Å². The van der Waals surface area contributed by atoms with Crippen LogP contribution in [0.15, 0.2) is 18.2 Å². The number of alkyl halides is 2. The lowest BCUT2D eigenvalue weighted by atomic mass is 10.0. The molecule has 0 N–H and O–H groups in total. The van der Waals surface area contributed by atoms with Crippen molar-refractivity contribution < 1.29 is 23.0 Å². The third kappa shape index (κ3) is 5.16. The molecule has 1 amide bonds. The molecule has 0 radical (unpaired) electrons. The van der Waals surface area contributed by atoms with E-state index in [9.17, 15) is 13.6 Å². The maximum atomic E-state index is 12.4. The number of ether oxygens (including phenoxy) is 2. The monoisotopic (exact) mass is 315 g/mol. The number of hydrogen-bond donors (Lipinski definition) is 0. The Morgan fingerprint density at radius 2 is 2.00 bits per heavy atom. The number of methoxy groups -OCH3 is 1. The summed E-state index contributed by atoms with van der Waals surface area (Å²) in [5.41, 5.74) is 0.705. The lowest BCUT2D eigenvalue weighted by Gasteiger charge is -2.22. The summed E-state index contributed by atoms with van der Waals surface area (Å²) >= 11 is 0. The van der Waals surface area contributed by atoms with Crippen LogP contribution in [0.2, 0.25) is 0 Å². The summed E-state index contributed by atoms with van der Waals surface area (Å²) in [4.78, 5) is 13.8. The summed E-state index contributed by atoms with van der Waals surface area (Å²) in [6.07, 6.45) is 1.77. The topological polar surface area (TPSA) is 38.8 Å². The Hall–Kier alpha value is -1.85. The standard InChI is InChI=1S/C16H23F2NO3/c1-5-6-11(2)15(20)19(3)10-12-7-8-13(21-4)14(9-12)22-16(17)18/h7-9,11,16H,5-6,10H2,1-4H3. The van der Waals surface area contributed by atoms with E-state index in [4.69, 9.17) is 4.74 Å². The van der Waals surface area contributed by atoms with Crippen LogP contribution >= 0.6 is 0 Å². The Morgan fingerprint density at radius 3 is 2.55 bits per heavy atom. The minimum absolute atomic E-state index is 0.0301. The number of carbonyl (C=O) groups excluding carboxylic acids is 1. The Labute approximate surface area is 130 Å². The zero-order valence-corrected chi connectivity index (χ0v) is 13.4. The predicted molar refractivity (Wildman–Crippen MR) is 80.2 cm³/mol. The second-order valence-corrected chi connectivity index (χ2v) is 5.25. The van der Waals surface area contributed by atoms with Gasteiger partial charge in [0.05, 0.1) is 7.11 Å². The van der Waals surface area contributed by atoms with Crippen molar-refractivity contribution in [3.63, 3.8) is 0 Å². The number of hydrogen-bond acceptors (Lipinski definition) is 3. The number of amides is 1. The highest BCUT2D eigenvalue weighted by Gasteiger charge is 2.18. The highest BCUT2D eigenvalue weighted by atomic mass is 19.3. The summed E-state index contributed by atoms with van der Waals surface area (Å²) in [6.45, 7) is 1.33. The van der Waals surface area contributed by atoms with Gasteiger partial charge in [0.15, 0.2) is 11.5 Å². The molecule has 6 heteroatoms. The van der Waals surface area contributed by atoms with Gasteiger partial charge in [0.25, 0.3) is 0 Å². The van der Waals surface area contributed by atoms with Crippen molar-refractivity contribution in [1.29, 1.82) is 0 Å². The second-order valence-electron chi connectivity index (χ2n) is 5.25. The van der Waals surface area contributed by atoms with Gasteiger partial charge >= 0.3 is 6.61 Å². The van der Waals surface area contributed by atoms with Gasteiger partial charge in [-0.25, -0.2) is 0 Å². The van der Waals surface area contributed by atoms with E-state index >= 15 is 0 Å². The summed E-state index contributed by atoms with van der Waals surface area (Å²) < 4.78 is 34.2. The molecule has 0 heterocycles. The molecule has 0 aliphatic carbocycles. The van der Waals surface area contributed by atoms with Crippen LogP contribution in [0.3, 0.4) is 0 Å². The Bertz CT molecular complexity index is 494. The quantitative estimate of drug-likeness (QED) is 0.734. The lowest BCUT2D eigenvalue weighted by Crippen LogP contribution is -2.31. The Balaban J connectivity index is 2.82. The van der Waals surface area contributed by atoms with E-state index in [2.05, 4.69) is 4.74 Å². The van der Waals surface area contributed by atoms with E-state index in [0.717, 1.165) is 12.8 Å². The number of rotatable bonds is 8. The molecule has 1 aromatic rings. The Kier molecular flexibility index (Phi) is 7.08. The van der Waals surface area contributed by atoms with Gasteiger partial charge in [0, 0.05) is 19.5 Å². The lowest BCUT2D eigenvalue weighted by molar-refractivity contribution is -0.134. The average Bonchev–Trinajstić information content (AvgIpc) is 2.46. The molecule has 0 spiro atoms. The van der Waals surface area contributed by atoms with E-state index in [0.29, 0.717) is 12.1 Å². The summed E-state index contributed by atoms with van der Waals surface area (Å²) in [5.74, 6) is 0.189. The second kappa shape index (κ2) is 8.56. The van der Waals surface area contributed by atoms with E-state index in [1.807, 2.05) is 13.8 Å². The first kappa shape index (κ1) is 18.2. The first-order chi connectivity index (χ1) is 10.4. The third-order valence-electron chi connectivity index (χ3n) is 3.38. The largest absolute Gasteiger partial charge is 0.493 e. The van der Waals surface area contributed by atoms with Crippen LogP contribution in [-0.2, 0) is 11.3 Å². The van der Waals surface area contributed by atoms with Crippen LogP contribution in [0, 0.1) is 5.92 Å². The van der Waals surface area contributed by atoms with Gasteiger partial charge in [-0.15, -0.1) is 0 Å². The van der Waals surface area contributed by atoms with Gasteiger partial charge in [-0.05, 0) is 24.1 Å². The highest BCUT2D eigenvalue weighted by Crippen LogP contribution is 2.30. The number of nitrogens with zero attached hydrogens (tertiary/aromatic N) is 1. The van der Waals surface area contributed by atoms with Gasteiger partial charge in [-0.3, -0.25) is 4.79 Å². The predicted octanol–water partition coefficient (Wildman–Crippen LogP) is 3.69. The molecular formula is C16H23F2NO3. The average molecular weight is 315 g/mol. The van der Waals surface area contributed by atoms with Crippen LogP contribution in [-0.4, -0.2) is 31.6 Å². The molecule has 0 bridgehead atoms. The molecule has 0 saturated carbocycles. The third-order valence-corrected chi connectivity index (χ3v) is 3.38. The fraction of sp³-hybridized carbons (Fsp3) is 0.562. The van der Waals surface area contributed by atoms with Gasteiger partial charge in [-0.2, -0.15) is 8.78 Å². The molecule has 22 heavy (non-hydrogen) atoms. The fourth-order valence-corrected chi connectivity index (χ4v) is 2.29.